The van der Waals surface area contributed by atoms with Crippen LogP contribution < -0.4 is 40.2 Å². The zero-order valence-corrected chi connectivity index (χ0v) is 52.1. The Balaban J connectivity index is 0.992. The average molecular weight is 1120 g/mol. The molecule has 420 valence electrons. The molecule has 0 N–H and O–H groups in total. The van der Waals surface area contributed by atoms with Crippen LogP contribution in [0.1, 0.15) is 123 Å². The SMILES string of the molecule is [2H]c1c([2H])c([2H])c(-c2cccc(-c3cc(C(C)(C)C)cc(C(C)(C)C)c3)c2N2CN(c3cc(Oc4ccc5c(c4)N(c4cc(C(C)(C)C)ccn4)c4ccccc4[Si]54c5ccc(C)cc5-c5cc(C)ccc54)cc(C(C)(C)C)c3)c3ccccc32)c([2H])c1[2H]. The van der Waals surface area contributed by atoms with E-state index in [1.807, 2.05) is 24.4 Å². The van der Waals surface area contributed by atoms with Crippen LogP contribution in [0.5, 0.6) is 11.5 Å². The molecule has 9 aromatic carbocycles. The summed E-state index contributed by atoms with van der Waals surface area (Å²) in [5.74, 6) is 2.23. The third-order valence-electron chi connectivity index (χ3n) is 17.6. The lowest BCUT2D eigenvalue weighted by Crippen LogP contribution is -2.75. The van der Waals surface area contributed by atoms with E-state index in [4.69, 9.17) is 13.8 Å². The van der Waals surface area contributed by atoms with Gasteiger partial charge in [0.25, 0.3) is 0 Å². The van der Waals surface area contributed by atoms with Gasteiger partial charge in [-0.05, 0) is 149 Å². The van der Waals surface area contributed by atoms with Crippen LogP contribution in [-0.2, 0) is 21.7 Å². The lowest BCUT2D eigenvalue weighted by molar-refractivity contribution is 0.479. The maximum atomic E-state index is 9.43. The van der Waals surface area contributed by atoms with Gasteiger partial charge in [0.05, 0.1) is 29.6 Å². The molecule has 10 aromatic rings. The fourth-order valence-electron chi connectivity index (χ4n) is 13.0. The lowest BCUT2D eigenvalue weighted by atomic mass is 9.78. The first kappa shape index (κ1) is 49.0. The fourth-order valence-corrected chi connectivity index (χ4v) is 18.5. The summed E-state index contributed by atoms with van der Waals surface area (Å²) in [6, 6.07) is 60.5. The standard InChI is InChI=1S/C78H78N4OSi/c1-50-31-34-69-63(39-50)64-40-51(2)32-35-70(64)84(69)71-30-21-20-29-67(71)82(73-46-54(37-38-79-73)75(3,4)5)68-48-59(33-36-72(68)84)83-60-45-57(78(12,13)14)44-58(47-60)80-49-81(66-28-19-18-27-65(66)80)74-61(52-23-16-15-17-24-52)25-22-26-62(74)53-41-55(76(6,7)8)43-56(42-53)77(9,10)11/h15-48H,49H2,1-14H3/i15D,16D,17D,23D,24D. The topological polar surface area (TPSA) is 31.8 Å². The van der Waals surface area contributed by atoms with Crippen LogP contribution in [0.15, 0.2) is 206 Å². The molecule has 84 heavy (non-hydrogen) atoms. The Labute approximate surface area is 507 Å². The molecule has 0 saturated heterocycles. The molecule has 0 unspecified atom stereocenters. The number of para-hydroxylation sites is 4. The van der Waals surface area contributed by atoms with Gasteiger partial charge in [-0.2, -0.15) is 0 Å². The van der Waals surface area contributed by atoms with Gasteiger partial charge < -0.3 is 14.5 Å². The van der Waals surface area contributed by atoms with Crippen LogP contribution in [0.3, 0.4) is 0 Å². The Morgan fingerprint density at radius 3 is 1.60 bits per heavy atom. The van der Waals surface area contributed by atoms with Gasteiger partial charge in [0, 0.05) is 40.8 Å². The van der Waals surface area contributed by atoms with Gasteiger partial charge in [-0.1, -0.05) is 234 Å². The molecule has 0 aliphatic carbocycles. The molecule has 1 spiro atoms. The number of pyridine rings is 1. The van der Waals surface area contributed by atoms with Gasteiger partial charge in [0.15, 0.2) is 8.07 Å². The molecule has 0 fully saturated rings. The molecule has 0 saturated carbocycles. The Morgan fingerprint density at radius 2 is 0.976 bits per heavy atom. The zero-order chi connectivity index (χ0) is 63.2. The first-order valence-corrected chi connectivity index (χ1v) is 31.6. The molecule has 0 amide bonds. The lowest BCUT2D eigenvalue weighted by Gasteiger charge is -2.43. The monoisotopic (exact) mass is 1120 g/mol. The van der Waals surface area contributed by atoms with Crippen molar-refractivity contribution in [3.8, 4) is 44.9 Å². The molecular weight excluding hydrogens is 1040 g/mol. The summed E-state index contributed by atoms with van der Waals surface area (Å²) in [6.07, 6.45) is 1.95. The van der Waals surface area contributed by atoms with Crippen LogP contribution in [0, 0.1) is 13.8 Å². The molecule has 1 aromatic heterocycles. The highest BCUT2D eigenvalue weighted by Crippen LogP contribution is 2.52. The Morgan fingerprint density at radius 1 is 0.429 bits per heavy atom. The van der Waals surface area contributed by atoms with Crippen LogP contribution in [0.25, 0.3) is 33.4 Å². The summed E-state index contributed by atoms with van der Waals surface area (Å²) >= 11 is 0. The Kier molecular flexibility index (Phi) is 11.6. The number of aryl methyl sites for hydroxylation is 2. The molecule has 5 nitrogen and oxygen atoms in total. The minimum absolute atomic E-state index is 0.122. The van der Waals surface area contributed by atoms with Gasteiger partial charge in [0.2, 0.25) is 0 Å². The number of nitrogens with zero attached hydrogens (tertiary/aromatic N) is 4. The number of hydrogen-bond donors (Lipinski definition) is 0. The molecule has 3 aliphatic heterocycles. The fraction of sp³-hybridized carbons (Fsp3) is 0.244. The van der Waals surface area contributed by atoms with E-state index in [1.54, 1.807) is 0 Å². The Bertz CT molecular complexity index is 4450. The second kappa shape index (κ2) is 19.8. The van der Waals surface area contributed by atoms with Crippen molar-refractivity contribution in [1.29, 1.82) is 0 Å². The molecular formula is C78H78N4OSi. The van der Waals surface area contributed by atoms with Crippen LogP contribution >= 0.6 is 0 Å². The smallest absolute Gasteiger partial charge is 0.185 e. The largest absolute Gasteiger partial charge is 0.457 e. The van der Waals surface area contributed by atoms with Crippen molar-refractivity contribution in [1.82, 2.24) is 4.98 Å². The maximum Gasteiger partial charge on any atom is 0.185 e. The first-order chi connectivity index (χ1) is 42.0. The third kappa shape index (κ3) is 9.25. The number of anilines is 7. The molecule has 0 bridgehead atoms. The van der Waals surface area contributed by atoms with E-state index in [9.17, 15) is 2.74 Å². The number of fused-ring (bicyclic) bond motifs is 10. The van der Waals surface area contributed by atoms with Crippen molar-refractivity contribution in [3.05, 3.63) is 240 Å². The van der Waals surface area contributed by atoms with Crippen molar-refractivity contribution in [2.45, 2.75) is 119 Å². The average Bonchev–Trinajstić information content (AvgIpc) is 1.59. The van der Waals surface area contributed by atoms with Crippen molar-refractivity contribution in [3.63, 3.8) is 0 Å². The summed E-state index contributed by atoms with van der Waals surface area (Å²) in [5, 5.41) is 5.39. The van der Waals surface area contributed by atoms with Gasteiger partial charge in [-0.3, -0.25) is 4.90 Å². The minimum atomic E-state index is -2.99. The number of rotatable bonds is 7. The maximum absolute atomic E-state index is 9.43. The van der Waals surface area contributed by atoms with Crippen molar-refractivity contribution >= 4 is 68.8 Å². The summed E-state index contributed by atoms with van der Waals surface area (Å²) in [4.78, 5) is 12.2. The van der Waals surface area contributed by atoms with E-state index in [-0.39, 0.29) is 51.4 Å². The second-order valence-electron chi connectivity index (χ2n) is 27.6. The number of ether oxygens (including phenoxy) is 1. The van der Waals surface area contributed by atoms with Gasteiger partial charge in [-0.15, -0.1) is 0 Å². The summed E-state index contributed by atoms with van der Waals surface area (Å²) in [6.45, 7) is 31.6. The van der Waals surface area contributed by atoms with Crippen molar-refractivity contribution in [2.24, 2.45) is 0 Å². The van der Waals surface area contributed by atoms with Crippen LogP contribution in [0.4, 0.5) is 39.9 Å². The third-order valence-corrected chi connectivity index (χ3v) is 22.5. The number of aromatic nitrogens is 1. The molecule has 0 atom stereocenters. The summed E-state index contributed by atoms with van der Waals surface area (Å²) in [5.41, 5.74) is 17.2. The number of hydrogen-bond acceptors (Lipinski definition) is 5. The Hall–Kier alpha value is -8.45. The van der Waals surface area contributed by atoms with Gasteiger partial charge >= 0.3 is 0 Å². The van der Waals surface area contributed by atoms with E-state index in [0.29, 0.717) is 23.7 Å². The normalized spacial score (nSPS) is 15.1. The van der Waals surface area contributed by atoms with E-state index in [1.165, 1.54) is 59.7 Å². The number of benzene rings is 9. The second-order valence-corrected chi connectivity index (χ2v) is 31.2. The first-order valence-electron chi connectivity index (χ1n) is 32.1. The molecule has 3 aliphatic rings. The minimum Gasteiger partial charge on any atom is -0.457 e. The molecule has 0 radical (unpaired) electrons. The van der Waals surface area contributed by atoms with Crippen LogP contribution in [0.2, 0.25) is 0 Å². The predicted molar refractivity (Wildman–Crippen MR) is 359 cm³/mol. The van der Waals surface area contributed by atoms with Gasteiger partial charge in [0.1, 0.15) is 24.0 Å². The molecule has 4 heterocycles. The van der Waals surface area contributed by atoms with E-state index in [2.05, 4.69) is 263 Å². The summed E-state index contributed by atoms with van der Waals surface area (Å²) < 4.78 is 52.7. The molecule has 13 rings (SSSR count). The van der Waals surface area contributed by atoms with E-state index < -0.39 is 14.1 Å². The predicted octanol–water partition coefficient (Wildman–Crippen LogP) is 18.4. The quantitative estimate of drug-likeness (QED) is 0.149. The van der Waals surface area contributed by atoms with E-state index in [0.717, 1.165) is 56.6 Å². The van der Waals surface area contributed by atoms with Crippen LogP contribution in [-0.4, -0.2) is 19.7 Å². The molecule has 6 heteroatoms. The van der Waals surface area contributed by atoms with E-state index >= 15 is 0 Å². The highest BCUT2D eigenvalue weighted by molar-refractivity contribution is 7.23. The summed E-state index contributed by atoms with van der Waals surface area (Å²) in [7, 11) is -2.99. The van der Waals surface area contributed by atoms with Gasteiger partial charge in [-0.25, -0.2) is 4.98 Å². The highest BCUT2D eigenvalue weighted by atomic mass is 28.3. The van der Waals surface area contributed by atoms with Crippen molar-refractivity contribution in [2.75, 3.05) is 21.4 Å². The highest BCUT2D eigenvalue weighted by Gasteiger charge is 2.54. The van der Waals surface area contributed by atoms with Crippen molar-refractivity contribution < 1.29 is 11.6 Å². The zero-order valence-electron chi connectivity index (χ0n) is 56.1.